The summed E-state index contributed by atoms with van der Waals surface area (Å²) in [5.74, 6) is -7.31. The van der Waals surface area contributed by atoms with Crippen LogP contribution in [0.5, 0.6) is 5.75 Å². The lowest BCUT2D eigenvalue weighted by molar-refractivity contribution is -0.133. The number of halogens is 4. The average molecular weight is 931 g/mol. The molecule has 1 aliphatic rings. The summed E-state index contributed by atoms with van der Waals surface area (Å²) in [5.41, 5.74) is -0.480. The van der Waals surface area contributed by atoms with E-state index in [9.17, 15) is 47.6 Å². The van der Waals surface area contributed by atoms with Crippen molar-refractivity contribution >= 4 is 73.0 Å². The number of aromatic hydroxyl groups is 1. The molecule has 0 radical (unpaired) electrons. The van der Waals surface area contributed by atoms with Crippen LogP contribution in [0, 0.1) is 23.5 Å². The van der Waals surface area contributed by atoms with E-state index in [4.69, 9.17) is 42.7 Å². The standard InChI is InChI=1S/C21H23BClFN2O5.C14H19BClFN2O4.C7H6O3/c1-5-14-17(6-2)30-22(31-21(14)29)18(9-12(3)4)26-19(27)11-25-20(28)15-10-13(23)7-8-16(15)24;1-8(2)5-12(15(22)23)19-13(20)7-18-14(21)10-6-9(16)3-4-11(10)17;8-6-4-2-1-3-5(6)7(9)10/h5-8,10,12,18H,1-2,9,11H2,3-4H3,(H,25,28)(H,26,27);3-4,6,8,12,22-23H,5,7H2,1-2H3,(H,18,21)(H,19,20);1-4,8H,(H,9,10)/t18-;12-;/m00./s1. The number of phenols is 1. The Morgan fingerprint density at radius 2 is 1.27 bits per heavy atom. The summed E-state index contributed by atoms with van der Waals surface area (Å²) in [6.07, 6.45) is 3.45. The quantitative estimate of drug-likeness (QED) is 0.0850. The van der Waals surface area contributed by atoms with E-state index < -0.39 is 86.4 Å². The van der Waals surface area contributed by atoms with Gasteiger partial charge in [0, 0.05) is 10.0 Å². The van der Waals surface area contributed by atoms with Gasteiger partial charge in [-0.3, -0.25) is 19.2 Å². The molecule has 4 amide bonds. The van der Waals surface area contributed by atoms with Crippen molar-refractivity contribution < 1.29 is 67.1 Å². The maximum absolute atomic E-state index is 13.8. The minimum absolute atomic E-state index is 0.0671. The summed E-state index contributed by atoms with van der Waals surface area (Å²) in [7, 11) is -2.79. The predicted molar refractivity (Wildman–Crippen MR) is 236 cm³/mol. The molecule has 1 aliphatic heterocycles. The number of hydrogen-bond donors (Lipinski definition) is 8. The van der Waals surface area contributed by atoms with Crippen molar-refractivity contribution in [3.63, 3.8) is 0 Å². The summed E-state index contributed by atoms with van der Waals surface area (Å²) in [4.78, 5) is 70.7. The van der Waals surface area contributed by atoms with E-state index >= 15 is 0 Å². The number of para-hydroxylation sites is 1. The fourth-order valence-electron chi connectivity index (χ4n) is 5.52. The molecule has 2 atom stereocenters. The monoisotopic (exact) mass is 930 g/mol. The van der Waals surface area contributed by atoms with Gasteiger partial charge < -0.3 is 50.8 Å². The summed E-state index contributed by atoms with van der Waals surface area (Å²) >= 11 is 11.5. The van der Waals surface area contributed by atoms with Crippen molar-refractivity contribution in [1.82, 2.24) is 21.3 Å². The van der Waals surface area contributed by atoms with Crippen LogP contribution >= 0.6 is 23.2 Å². The van der Waals surface area contributed by atoms with Crippen LogP contribution in [0.25, 0.3) is 0 Å². The van der Waals surface area contributed by atoms with Crippen LogP contribution in [0.3, 0.4) is 0 Å². The van der Waals surface area contributed by atoms with Gasteiger partial charge in [-0.05, 0) is 79.3 Å². The molecule has 1 heterocycles. The molecule has 8 N–H and O–H groups in total. The Bertz CT molecular complexity index is 2210. The van der Waals surface area contributed by atoms with Crippen LogP contribution < -0.4 is 21.3 Å². The zero-order valence-corrected chi connectivity index (χ0v) is 36.7. The van der Waals surface area contributed by atoms with Gasteiger partial charge in [-0.15, -0.1) is 0 Å². The Balaban J connectivity index is 0.000000372. The molecule has 16 nitrogen and oxygen atoms in total. The van der Waals surface area contributed by atoms with Crippen LogP contribution in [-0.2, 0) is 23.7 Å². The van der Waals surface area contributed by atoms with Gasteiger partial charge in [0.15, 0.2) is 0 Å². The highest BCUT2D eigenvalue weighted by Gasteiger charge is 2.42. The highest BCUT2D eigenvalue weighted by Crippen LogP contribution is 2.23. The maximum atomic E-state index is 13.8. The van der Waals surface area contributed by atoms with Crippen molar-refractivity contribution in [2.24, 2.45) is 11.8 Å². The van der Waals surface area contributed by atoms with Gasteiger partial charge in [0.1, 0.15) is 28.7 Å². The first-order chi connectivity index (χ1) is 30.1. The van der Waals surface area contributed by atoms with Crippen LogP contribution in [-0.4, -0.2) is 95.0 Å². The molecule has 0 aliphatic carbocycles. The topological polar surface area (TPSA) is 250 Å². The van der Waals surface area contributed by atoms with Crippen molar-refractivity contribution in [3.05, 3.63) is 136 Å². The van der Waals surface area contributed by atoms with Crippen LogP contribution in [0.15, 0.2) is 97.3 Å². The van der Waals surface area contributed by atoms with Gasteiger partial charge in [0.05, 0.1) is 41.7 Å². The van der Waals surface area contributed by atoms with Crippen molar-refractivity contribution in [3.8, 4) is 5.75 Å². The number of allylic oxidation sites excluding steroid dienone is 1. The number of nitrogens with one attached hydrogen (secondary N) is 4. The van der Waals surface area contributed by atoms with Crippen molar-refractivity contribution in [1.29, 1.82) is 0 Å². The second kappa shape index (κ2) is 26.4. The number of carbonyl (C=O) groups is 6. The summed E-state index contributed by atoms with van der Waals surface area (Å²) in [6.45, 7) is 13.9. The number of carboxylic acids is 1. The zero-order valence-electron chi connectivity index (χ0n) is 35.2. The number of carbonyl (C=O) groups excluding carboxylic acids is 5. The third kappa shape index (κ3) is 17.9. The zero-order chi connectivity index (χ0) is 48.3. The molecule has 0 saturated heterocycles. The third-order valence-electron chi connectivity index (χ3n) is 8.47. The molecule has 0 spiro atoms. The number of carboxylic acid groups (broad SMARTS) is 1. The predicted octanol–water partition coefficient (Wildman–Crippen LogP) is 4.81. The Labute approximate surface area is 379 Å². The Kier molecular flexibility index (Phi) is 22.3. The molecule has 4 rings (SSSR count). The molecular weight excluding hydrogens is 883 g/mol. The summed E-state index contributed by atoms with van der Waals surface area (Å²) < 4.78 is 38.3. The molecule has 342 valence electrons. The van der Waals surface area contributed by atoms with Gasteiger partial charge >= 0.3 is 26.2 Å². The van der Waals surface area contributed by atoms with Gasteiger partial charge in [0.25, 0.3) is 11.8 Å². The molecule has 3 aromatic rings. The van der Waals surface area contributed by atoms with Gasteiger partial charge in [-0.1, -0.05) is 82.3 Å². The smallest absolute Gasteiger partial charge is 0.524 e. The second-order valence-electron chi connectivity index (χ2n) is 14.5. The summed E-state index contributed by atoms with van der Waals surface area (Å²) in [5, 5.41) is 45.8. The average Bonchev–Trinajstić information content (AvgIpc) is 3.23. The van der Waals surface area contributed by atoms with Crippen LogP contribution in [0.4, 0.5) is 8.78 Å². The first-order valence-corrected chi connectivity index (χ1v) is 20.1. The maximum Gasteiger partial charge on any atom is 0.620 e. The van der Waals surface area contributed by atoms with Crippen molar-refractivity contribution in [2.75, 3.05) is 13.1 Å². The van der Waals surface area contributed by atoms with E-state index in [2.05, 4.69) is 34.4 Å². The molecule has 0 fully saturated rings. The lowest BCUT2D eigenvalue weighted by Gasteiger charge is -2.29. The lowest BCUT2D eigenvalue weighted by atomic mass is 9.72. The first-order valence-electron chi connectivity index (χ1n) is 19.4. The fourth-order valence-corrected chi connectivity index (χ4v) is 5.87. The minimum atomic E-state index is -1.71. The minimum Gasteiger partial charge on any atom is -0.524 e. The number of hydrogen-bond acceptors (Lipinski definition) is 11. The van der Waals surface area contributed by atoms with E-state index in [1.165, 1.54) is 42.5 Å². The molecular formula is C42H48B2Cl2F2N4O12. The normalized spacial score (nSPS) is 12.8. The number of rotatable bonds is 17. The molecule has 64 heavy (non-hydrogen) atoms. The molecule has 0 saturated carbocycles. The number of amides is 4. The number of benzene rings is 3. The van der Waals surface area contributed by atoms with Gasteiger partial charge in [-0.25, -0.2) is 18.4 Å². The van der Waals surface area contributed by atoms with Crippen LogP contribution in [0.1, 0.15) is 71.6 Å². The van der Waals surface area contributed by atoms with Gasteiger partial charge in [0.2, 0.25) is 11.8 Å². The number of aromatic carboxylic acids is 1. The fraction of sp³-hybridized carbons (Fsp3) is 0.286. The Morgan fingerprint density at radius 3 is 1.69 bits per heavy atom. The molecule has 22 heteroatoms. The lowest BCUT2D eigenvalue weighted by Crippen LogP contribution is -2.54. The molecule has 0 unspecified atom stereocenters. The van der Waals surface area contributed by atoms with E-state index in [1.54, 1.807) is 12.1 Å². The van der Waals surface area contributed by atoms with E-state index in [0.717, 1.165) is 18.2 Å². The van der Waals surface area contributed by atoms with E-state index in [-0.39, 0.29) is 55.7 Å². The third-order valence-corrected chi connectivity index (χ3v) is 8.94. The highest BCUT2D eigenvalue weighted by molar-refractivity contribution is 6.51. The highest BCUT2D eigenvalue weighted by atomic mass is 35.5. The molecule has 3 aromatic carbocycles. The van der Waals surface area contributed by atoms with Gasteiger partial charge in [-0.2, -0.15) is 0 Å². The second-order valence-corrected chi connectivity index (χ2v) is 15.4. The first kappa shape index (κ1) is 53.9. The van der Waals surface area contributed by atoms with Crippen LogP contribution in [0.2, 0.25) is 10.0 Å². The van der Waals surface area contributed by atoms with E-state index in [0.29, 0.717) is 12.8 Å². The van der Waals surface area contributed by atoms with Crippen molar-refractivity contribution in [2.45, 2.75) is 52.4 Å². The largest absolute Gasteiger partial charge is 0.620 e. The van der Waals surface area contributed by atoms with E-state index in [1.807, 2.05) is 27.7 Å². The molecule has 0 bridgehead atoms. The Morgan fingerprint density at radius 1 is 0.766 bits per heavy atom. The summed E-state index contributed by atoms with van der Waals surface area (Å²) in [6, 6.07) is 12.9. The SMILES string of the molecule is C=CC1=C(C=C)C(=O)OB([C@H](CC(C)C)NC(=O)CNC(=O)c2cc(Cl)ccc2F)O1.CC(C)C[C@H](NC(=O)CNC(=O)c1cc(Cl)ccc1F)B(O)O.O=C(O)c1ccccc1O. The Hall–Kier alpha value is -6.21. The molecule has 0 aromatic heterocycles.